The molecule has 0 unspecified atom stereocenters. The zero-order valence-corrected chi connectivity index (χ0v) is 17.3. The summed E-state index contributed by atoms with van der Waals surface area (Å²) in [5.41, 5.74) is 1.69. The lowest BCUT2D eigenvalue weighted by Gasteiger charge is -2.19. The van der Waals surface area contributed by atoms with Gasteiger partial charge in [0.05, 0.1) is 17.7 Å². The predicted octanol–water partition coefficient (Wildman–Crippen LogP) is 3.42. The lowest BCUT2D eigenvalue weighted by atomic mass is 9.87. The van der Waals surface area contributed by atoms with Crippen molar-refractivity contribution in [3.8, 4) is 17.2 Å². The fourth-order valence-electron chi connectivity index (χ4n) is 2.88. The normalized spacial score (nSPS) is 12.2. The SMILES string of the molecule is COc1ccc(O)cc1-n1nnc(S(=O)(=O)c2ccc(C(C)(C)C)cc2)c1C. The van der Waals surface area contributed by atoms with Crippen LogP contribution >= 0.6 is 0 Å². The van der Waals surface area contributed by atoms with Gasteiger partial charge in [-0.3, -0.25) is 0 Å². The molecule has 7 nitrogen and oxygen atoms in total. The van der Waals surface area contributed by atoms with E-state index in [1.54, 1.807) is 25.1 Å². The Morgan fingerprint density at radius 3 is 2.29 bits per heavy atom. The van der Waals surface area contributed by atoms with Gasteiger partial charge in [0.15, 0.2) is 0 Å². The second-order valence-electron chi connectivity index (χ2n) is 7.53. The number of sulfone groups is 1. The highest BCUT2D eigenvalue weighted by atomic mass is 32.2. The molecule has 0 aliphatic carbocycles. The Morgan fingerprint density at radius 2 is 1.71 bits per heavy atom. The maximum atomic E-state index is 13.1. The van der Waals surface area contributed by atoms with Gasteiger partial charge in [0.25, 0.3) is 0 Å². The molecule has 0 saturated carbocycles. The van der Waals surface area contributed by atoms with E-state index in [1.165, 1.54) is 23.9 Å². The molecule has 0 atom stereocenters. The number of benzene rings is 2. The van der Waals surface area contributed by atoms with Crippen LogP contribution in [0.3, 0.4) is 0 Å². The first-order chi connectivity index (χ1) is 13.1. The molecule has 3 rings (SSSR count). The molecule has 0 bridgehead atoms. The van der Waals surface area contributed by atoms with Gasteiger partial charge in [-0.2, -0.15) is 0 Å². The van der Waals surface area contributed by atoms with E-state index in [2.05, 4.69) is 31.1 Å². The predicted molar refractivity (Wildman–Crippen MR) is 105 cm³/mol. The van der Waals surface area contributed by atoms with Crippen molar-refractivity contribution in [2.24, 2.45) is 0 Å². The van der Waals surface area contributed by atoms with Crippen molar-refractivity contribution in [3.63, 3.8) is 0 Å². The van der Waals surface area contributed by atoms with E-state index in [0.717, 1.165) is 5.56 Å². The summed E-state index contributed by atoms with van der Waals surface area (Å²) in [6.07, 6.45) is 0. The Balaban J connectivity index is 2.07. The molecule has 1 heterocycles. The molecule has 148 valence electrons. The molecule has 0 saturated heterocycles. The first kappa shape index (κ1) is 19.9. The monoisotopic (exact) mass is 401 g/mol. The summed E-state index contributed by atoms with van der Waals surface area (Å²) >= 11 is 0. The lowest BCUT2D eigenvalue weighted by molar-refractivity contribution is 0.408. The molecule has 0 aliphatic rings. The summed E-state index contributed by atoms with van der Waals surface area (Å²) in [7, 11) is -2.36. The topological polar surface area (TPSA) is 94.3 Å². The van der Waals surface area contributed by atoms with E-state index < -0.39 is 9.84 Å². The minimum Gasteiger partial charge on any atom is -0.508 e. The fraction of sp³-hybridized carbons (Fsp3) is 0.300. The molecule has 0 amide bonds. The van der Waals surface area contributed by atoms with Crippen molar-refractivity contribution in [2.45, 2.75) is 43.0 Å². The van der Waals surface area contributed by atoms with Crippen LogP contribution in [0.15, 0.2) is 52.4 Å². The highest BCUT2D eigenvalue weighted by molar-refractivity contribution is 7.91. The number of rotatable bonds is 4. The largest absolute Gasteiger partial charge is 0.508 e. The number of aromatic hydroxyl groups is 1. The van der Waals surface area contributed by atoms with Gasteiger partial charge in [-0.05, 0) is 42.2 Å². The van der Waals surface area contributed by atoms with Crippen LogP contribution in [0, 0.1) is 6.92 Å². The average Bonchev–Trinajstić information content (AvgIpc) is 3.03. The Morgan fingerprint density at radius 1 is 1.07 bits per heavy atom. The molecule has 1 aromatic heterocycles. The van der Waals surface area contributed by atoms with E-state index >= 15 is 0 Å². The van der Waals surface area contributed by atoms with Crippen molar-refractivity contribution >= 4 is 9.84 Å². The zero-order valence-electron chi connectivity index (χ0n) is 16.5. The number of methoxy groups -OCH3 is 1. The maximum Gasteiger partial charge on any atom is 0.227 e. The fourth-order valence-corrected chi connectivity index (χ4v) is 4.22. The van der Waals surface area contributed by atoms with E-state index in [1.807, 2.05) is 12.1 Å². The molecule has 2 aromatic carbocycles. The summed E-state index contributed by atoms with van der Waals surface area (Å²) in [6.45, 7) is 7.80. The second kappa shape index (κ2) is 6.94. The number of aromatic nitrogens is 3. The van der Waals surface area contributed by atoms with E-state index in [9.17, 15) is 13.5 Å². The lowest BCUT2D eigenvalue weighted by Crippen LogP contribution is -2.12. The van der Waals surface area contributed by atoms with Crippen LogP contribution < -0.4 is 4.74 Å². The van der Waals surface area contributed by atoms with Gasteiger partial charge in [0.2, 0.25) is 14.9 Å². The summed E-state index contributed by atoms with van der Waals surface area (Å²) in [5, 5.41) is 17.5. The van der Waals surface area contributed by atoms with Crippen molar-refractivity contribution in [1.82, 2.24) is 15.0 Å². The van der Waals surface area contributed by atoms with Gasteiger partial charge in [-0.1, -0.05) is 38.1 Å². The number of hydrogen-bond donors (Lipinski definition) is 1. The van der Waals surface area contributed by atoms with Crippen LogP contribution in [-0.4, -0.2) is 35.6 Å². The van der Waals surface area contributed by atoms with Crippen LogP contribution in [-0.2, 0) is 15.3 Å². The van der Waals surface area contributed by atoms with Gasteiger partial charge in [0, 0.05) is 6.07 Å². The molecule has 0 fully saturated rings. The van der Waals surface area contributed by atoms with Crippen LogP contribution in [0.5, 0.6) is 11.5 Å². The molecule has 0 aliphatic heterocycles. The van der Waals surface area contributed by atoms with E-state index in [0.29, 0.717) is 17.1 Å². The first-order valence-corrected chi connectivity index (χ1v) is 10.2. The summed E-state index contributed by atoms with van der Waals surface area (Å²) in [6, 6.07) is 11.3. The molecule has 28 heavy (non-hydrogen) atoms. The van der Waals surface area contributed by atoms with Gasteiger partial charge >= 0.3 is 0 Å². The van der Waals surface area contributed by atoms with Crippen LogP contribution in [0.2, 0.25) is 0 Å². The van der Waals surface area contributed by atoms with Crippen molar-refractivity contribution in [2.75, 3.05) is 7.11 Å². The number of phenols is 1. The average molecular weight is 401 g/mol. The number of ether oxygens (including phenoxy) is 1. The summed E-state index contributed by atoms with van der Waals surface area (Å²) in [4.78, 5) is 0.151. The Kier molecular flexibility index (Phi) is 4.93. The minimum absolute atomic E-state index is 0.00729. The third-order valence-electron chi connectivity index (χ3n) is 4.53. The standard InChI is InChI=1S/C20H23N3O4S/c1-13-19(21-22-23(13)17-12-15(24)8-11-18(17)27-5)28(25,26)16-9-6-14(7-10-16)20(2,3)4/h6-12,24H,1-5H3. The smallest absolute Gasteiger partial charge is 0.227 e. The highest BCUT2D eigenvalue weighted by Crippen LogP contribution is 2.30. The summed E-state index contributed by atoms with van der Waals surface area (Å²) in [5.74, 6) is 0.442. The van der Waals surface area contributed by atoms with Gasteiger partial charge in [-0.25, -0.2) is 13.1 Å². The van der Waals surface area contributed by atoms with Crippen LogP contribution in [0.25, 0.3) is 5.69 Å². The first-order valence-electron chi connectivity index (χ1n) is 8.71. The minimum atomic E-state index is -3.85. The molecule has 1 N–H and O–H groups in total. The Bertz CT molecular complexity index is 1110. The van der Waals surface area contributed by atoms with Crippen molar-refractivity contribution in [3.05, 3.63) is 53.7 Å². The molecule has 3 aromatic rings. The number of nitrogens with zero attached hydrogens (tertiary/aromatic N) is 3. The van der Waals surface area contributed by atoms with Gasteiger partial charge < -0.3 is 9.84 Å². The maximum absolute atomic E-state index is 13.1. The van der Waals surface area contributed by atoms with Gasteiger partial charge in [0.1, 0.15) is 17.2 Å². The third kappa shape index (κ3) is 3.47. The number of hydrogen-bond acceptors (Lipinski definition) is 6. The van der Waals surface area contributed by atoms with Gasteiger partial charge in [-0.15, -0.1) is 5.10 Å². The quantitative estimate of drug-likeness (QED) is 0.720. The molecule has 8 heteroatoms. The Labute approximate surface area is 164 Å². The van der Waals surface area contributed by atoms with Crippen LogP contribution in [0.1, 0.15) is 32.0 Å². The van der Waals surface area contributed by atoms with E-state index in [4.69, 9.17) is 4.74 Å². The number of phenolic OH excluding ortho intramolecular Hbond substituents is 1. The molecular weight excluding hydrogens is 378 g/mol. The zero-order chi connectivity index (χ0) is 20.7. The molecule has 0 spiro atoms. The highest BCUT2D eigenvalue weighted by Gasteiger charge is 2.27. The summed E-state index contributed by atoms with van der Waals surface area (Å²) < 4.78 is 32.8. The van der Waals surface area contributed by atoms with Crippen molar-refractivity contribution < 1.29 is 18.3 Å². The molecular formula is C20H23N3O4S. The Hall–Kier alpha value is -2.87. The van der Waals surface area contributed by atoms with Crippen molar-refractivity contribution in [1.29, 1.82) is 0 Å². The third-order valence-corrected chi connectivity index (χ3v) is 6.31. The molecule has 0 radical (unpaired) electrons. The second-order valence-corrected chi connectivity index (χ2v) is 9.39. The van der Waals surface area contributed by atoms with E-state index in [-0.39, 0.29) is 21.1 Å². The van der Waals surface area contributed by atoms with Crippen LogP contribution in [0.4, 0.5) is 0 Å².